The molecule has 1 aromatic carbocycles. The molecule has 32 heavy (non-hydrogen) atoms. The predicted molar refractivity (Wildman–Crippen MR) is 119 cm³/mol. The van der Waals surface area contributed by atoms with Crippen LogP contribution in [0.3, 0.4) is 0 Å². The maximum atomic E-state index is 13.4. The SMILES string of the molecule is Cc1ccc(Oc2nc3c(c(=O)n(CCCO)c(=O)n3C)n2CC2C=CC(F)=CC2)cc1. The molecule has 168 valence electrons. The summed E-state index contributed by atoms with van der Waals surface area (Å²) in [6, 6.07) is 7.58. The van der Waals surface area contributed by atoms with E-state index in [0.717, 1.165) is 10.1 Å². The van der Waals surface area contributed by atoms with Gasteiger partial charge >= 0.3 is 11.7 Å². The van der Waals surface area contributed by atoms with Crippen molar-refractivity contribution < 1.29 is 14.2 Å². The fraction of sp³-hybridized carbons (Fsp3) is 0.348. The number of allylic oxidation sites excluding steroid dienone is 4. The van der Waals surface area contributed by atoms with Crippen LogP contribution in [0.4, 0.5) is 4.39 Å². The van der Waals surface area contributed by atoms with E-state index in [1.165, 1.54) is 16.7 Å². The number of aliphatic hydroxyl groups is 1. The van der Waals surface area contributed by atoms with Gasteiger partial charge in [-0.2, -0.15) is 4.98 Å². The number of benzene rings is 1. The molecule has 0 aliphatic heterocycles. The number of hydrogen-bond acceptors (Lipinski definition) is 5. The van der Waals surface area contributed by atoms with Crippen LogP contribution >= 0.6 is 0 Å². The summed E-state index contributed by atoms with van der Waals surface area (Å²) in [6.07, 6.45) is 5.40. The molecule has 9 heteroatoms. The van der Waals surface area contributed by atoms with E-state index in [9.17, 15) is 14.0 Å². The first-order chi connectivity index (χ1) is 15.4. The molecule has 8 nitrogen and oxygen atoms in total. The number of ether oxygens (including phenoxy) is 1. The molecule has 1 unspecified atom stereocenters. The summed E-state index contributed by atoms with van der Waals surface area (Å²) < 4.78 is 23.5. The molecule has 4 rings (SSSR count). The Bertz CT molecular complexity index is 1310. The normalized spacial score (nSPS) is 15.9. The van der Waals surface area contributed by atoms with Crippen molar-refractivity contribution in [1.82, 2.24) is 18.7 Å². The van der Waals surface area contributed by atoms with Gasteiger partial charge in [0.15, 0.2) is 11.2 Å². The molecule has 0 saturated heterocycles. The lowest BCUT2D eigenvalue weighted by molar-refractivity contribution is 0.277. The summed E-state index contributed by atoms with van der Waals surface area (Å²) in [4.78, 5) is 30.5. The Hall–Kier alpha value is -3.46. The molecule has 1 atom stereocenters. The Morgan fingerprint density at radius 1 is 1.22 bits per heavy atom. The molecule has 1 aliphatic carbocycles. The lowest BCUT2D eigenvalue weighted by atomic mass is 10.0. The second-order valence-corrected chi connectivity index (χ2v) is 7.91. The van der Waals surface area contributed by atoms with E-state index in [4.69, 9.17) is 9.84 Å². The standard InChI is InChI=1S/C23H25FN4O4/c1-15-4-10-18(11-5-15)32-22-25-20-19(28(22)14-16-6-8-17(24)9-7-16)21(30)27(12-3-13-29)23(31)26(20)2/h4-6,8-11,16,29H,3,7,12-14H2,1-2H3. The third-order valence-electron chi connectivity index (χ3n) is 5.53. The van der Waals surface area contributed by atoms with Gasteiger partial charge in [-0.15, -0.1) is 0 Å². The summed E-state index contributed by atoms with van der Waals surface area (Å²) >= 11 is 0. The lowest BCUT2D eigenvalue weighted by Crippen LogP contribution is -2.40. The van der Waals surface area contributed by atoms with Gasteiger partial charge in [0.05, 0.1) is 0 Å². The number of aromatic nitrogens is 4. The van der Waals surface area contributed by atoms with Crippen LogP contribution in [0.15, 0.2) is 57.9 Å². The van der Waals surface area contributed by atoms with Crippen LogP contribution < -0.4 is 16.0 Å². The van der Waals surface area contributed by atoms with Crippen molar-refractivity contribution in [3.05, 3.63) is 74.7 Å². The maximum Gasteiger partial charge on any atom is 0.332 e. The fourth-order valence-electron chi connectivity index (χ4n) is 3.75. The maximum absolute atomic E-state index is 13.4. The summed E-state index contributed by atoms with van der Waals surface area (Å²) in [5.41, 5.74) is 0.509. The monoisotopic (exact) mass is 440 g/mol. The molecule has 0 bridgehead atoms. The summed E-state index contributed by atoms with van der Waals surface area (Å²) in [6.45, 7) is 2.24. The van der Waals surface area contributed by atoms with Crippen molar-refractivity contribution in [2.45, 2.75) is 32.9 Å². The van der Waals surface area contributed by atoms with Gasteiger partial charge in [0.1, 0.15) is 11.6 Å². The Morgan fingerprint density at radius 3 is 2.62 bits per heavy atom. The van der Waals surface area contributed by atoms with Crippen LogP contribution in [0.5, 0.6) is 11.8 Å². The van der Waals surface area contributed by atoms with E-state index in [0.29, 0.717) is 18.7 Å². The highest BCUT2D eigenvalue weighted by atomic mass is 19.1. The number of halogens is 1. The first kappa shape index (κ1) is 21.8. The molecule has 0 amide bonds. The van der Waals surface area contributed by atoms with Crippen LogP contribution in [0, 0.1) is 12.8 Å². The second-order valence-electron chi connectivity index (χ2n) is 7.91. The van der Waals surface area contributed by atoms with E-state index in [1.807, 2.05) is 19.1 Å². The smallest absolute Gasteiger partial charge is 0.332 e. The zero-order valence-corrected chi connectivity index (χ0v) is 18.0. The third kappa shape index (κ3) is 4.16. The number of imidazole rings is 1. The Labute approximate surface area is 183 Å². The highest BCUT2D eigenvalue weighted by Gasteiger charge is 2.23. The topological polar surface area (TPSA) is 91.3 Å². The van der Waals surface area contributed by atoms with Gasteiger partial charge in [0.2, 0.25) is 0 Å². The van der Waals surface area contributed by atoms with Crippen molar-refractivity contribution in [3.8, 4) is 11.8 Å². The molecular formula is C23H25FN4O4. The van der Waals surface area contributed by atoms with Crippen LogP contribution in [-0.4, -0.2) is 30.4 Å². The quantitative estimate of drug-likeness (QED) is 0.610. The number of hydrogen-bond donors (Lipinski definition) is 1. The number of aryl methyl sites for hydroxylation is 2. The Kier molecular flexibility index (Phi) is 6.09. The van der Waals surface area contributed by atoms with E-state index >= 15 is 0 Å². The average molecular weight is 440 g/mol. The van der Waals surface area contributed by atoms with Gasteiger partial charge in [-0.1, -0.05) is 23.8 Å². The molecule has 0 spiro atoms. The minimum atomic E-state index is -0.509. The predicted octanol–water partition coefficient (Wildman–Crippen LogP) is 2.81. The molecule has 0 fully saturated rings. The van der Waals surface area contributed by atoms with Crippen LogP contribution in [0.2, 0.25) is 0 Å². The van der Waals surface area contributed by atoms with Gasteiger partial charge in [-0.3, -0.25) is 18.5 Å². The van der Waals surface area contributed by atoms with Gasteiger partial charge < -0.3 is 9.84 Å². The van der Waals surface area contributed by atoms with Crippen molar-refractivity contribution in [2.75, 3.05) is 6.61 Å². The number of aliphatic hydroxyl groups excluding tert-OH is 1. The number of rotatable bonds is 7. The highest BCUT2D eigenvalue weighted by Crippen LogP contribution is 2.27. The van der Waals surface area contributed by atoms with Gasteiger partial charge in [-0.05, 0) is 50.0 Å². The second kappa shape index (κ2) is 8.96. The van der Waals surface area contributed by atoms with Crippen LogP contribution in [-0.2, 0) is 20.1 Å². The van der Waals surface area contributed by atoms with Gasteiger partial charge in [0, 0.05) is 26.7 Å². The van der Waals surface area contributed by atoms with Crippen molar-refractivity contribution >= 4 is 11.2 Å². The minimum Gasteiger partial charge on any atom is -0.425 e. The third-order valence-corrected chi connectivity index (χ3v) is 5.53. The zero-order valence-electron chi connectivity index (χ0n) is 18.0. The zero-order chi connectivity index (χ0) is 22.8. The van der Waals surface area contributed by atoms with Crippen molar-refractivity contribution in [1.29, 1.82) is 0 Å². The fourth-order valence-corrected chi connectivity index (χ4v) is 3.75. The number of fused-ring (bicyclic) bond motifs is 1. The summed E-state index contributed by atoms with van der Waals surface area (Å²) in [5, 5.41) is 9.17. The largest absolute Gasteiger partial charge is 0.425 e. The van der Waals surface area contributed by atoms with Crippen molar-refractivity contribution in [3.63, 3.8) is 0 Å². The molecule has 0 radical (unpaired) electrons. The molecule has 3 aromatic rings. The first-order valence-electron chi connectivity index (χ1n) is 10.5. The van der Waals surface area contributed by atoms with E-state index in [1.54, 1.807) is 29.8 Å². The molecule has 2 aromatic heterocycles. The molecule has 2 heterocycles. The average Bonchev–Trinajstić information content (AvgIpc) is 3.13. The lowest BCUT2D eigenvalue weighted by Gasteiger charge is -2.17. The molecule has 1 aliphatic rings. The van der Waals surface area contributed by atoms with Crippen LogP contribution in [0.25, 0.3) is 11.2 Å². The molecule has 1 N–H and O–H groups in total. The van der Waals surface area contributed by atoms with Crippen LogP contribution in [0.1, 0.15) is 18.4 Å². The Balaban J connectivity index is 1.87. The Morgan fingerprint density at radius 2 is 1.97 bits per heavy atom. The van der Waals surface area contributed by atoms with Gasteiger partial charge in [-0.25, -0.2) is 9.18 Å². The van der Waals surface area contributed by atoms with Gasteiger partial charge in [0.25, 0.3) is 5.56 Å². The molecule has 0 saturated carbocycles. The molecular weight excluding hydrogens is 415 g/mol. The number of nitrogens with zero attached hydrogens (tertiary/aromatic N) is 4. The van der Waals surface area contributed by atoms with E-state index in [-0.39, 0.29) is 48.5 Å². The minimum absolute atomic E-state index is 0.0743. The highest BCUT2D eigenvalue weighted by molar-refractivity contribution is 5.72. The van der Waals surface area contributed by atoms with Crippen molar-refractivity contribution in [2.24, 2.45) is 13.0 Å². The van der Waals surface area contributed by atoms with E-state index in [2.05, 4.69) is 4.98 Å². The summed E-state index contributed by atoms with van der Waals surface area (Å²) in [7, 11) is 1.55. The first-order valence-corrected chi connectivity index (χ1v) is 10.5. The summed E-state index contributed by atoms with van der Waals surface area (Å²) in [5.74, 6) is 0.180. The van der Waals surface area contributed by atoms with E-state index < -0.39 is 11.2 Å².